The molecule has 25 heavy (non-hydrogen) atoms. The van der Waals surface area contributed by atoms with Crippen LogP contribution >= 0.6 is 23.2 Å². The van der Waals surface area contributed by atoms with Gasteiger partial charge in [0.1, 0.15) is 6.61 Å². The van der Waals surface area contributed by atoms with Gasteiger partial charge in [-0.3, -0.25) is 0 Å². The second-order valence-corrected chi connectivity index (χ2v) is 5.96. The van der Waals surface area contributed by atoms with Crippen LogP contribution in [0.3, 0.4) is 0 Å². The molecule has 0 fully saturated rings. The molecule has 0 bridgehead atoms. The maximum atomic E-state index is 11.6. The molecule has 0 aliphatic rings. The molecule has 134 valence electrons. The summed E-state index contributed by atoms with van der Waals surface area (Å²) in [5, 5.41) is 13.8. The fraction of sp³-hybridized carbons (Fsp3) is 0.294. The van der Waals surface area contributed by atoms with Gasteiger partial charge in [0.2, 0.25) is 5.89 Å². The minimum Gasteiger partial charge on any atom is -0.445 e. The van der Waals surface area contributed by atoms with Crippen molar-refractivity contribution in [1.82, 2.24) is 10.3 Å². The summed E-state index contributed by atoms with van der Waals surface area (Å²) in [6, 6.07) is 4.43. The number of rotatable bonds is 7. The molecule has 0 aliphatic heterocycles. The number of ether oxygens (including phenoxy) is 1. The van der Waals surface area contributed by atoms with Crippen molar-refractivity contribution in [2.75, 3.05) is 6.61 Å². The molecule has 1 unspecified atom stereocenters. The molecule has 0 saturated heterocycles. The van der Waals surface area contributed by atoms with Gasteiger partial charge < -0.3 is 19.6 Å². The fourth-order valence-electron chi connectivity index (χ4n) is 2.18. The number of hydrogen-bond acceptors (Lipinski definition) is 5. The van der Waals surface area contributed by atoms with Crippen LogP contribution in [0, 0.1) is 0 Å². The van der Waals surface area contributed by atoms with E-state index in [0.29, 0.717) is 27.8 Å². The Labute approximate surface area is 155 Å². The Kier molecular flexibility index (Phi) is 6.87. The van der Waals surface area contributed by atoms with Gasteiger partial charge in [-0.15, -0.1) is 0 Å². The zero-order valence-corrected chi connectivity index (χ0v) is 15.0. The first kappa shape index (κ1) is 19.3. The minimum absolute atomic E-state index is 0.0434. The van der Waals surface area contributed by atoms with Crippen LogP contribution in [0.5, 0.6) is 0 Å². The Morgan fingerprint density at radius 1 is 1.48 bits per heavy atom. The van der Waals surface area contributed by atoms with Gasteiger partial charge in [0, 0.05) is 0 Å². The third kappa shape index (κ3) is 4.75. The SMILES string of the molecule is C=CCOC(=O)N[C@@H](CC)C(O)c1ncc(-c2c(Cl)cccc2Cl)o1. The molecule has 2 rings (SSSR count). The summed E-state index contributed by atoms with van der Waals surface area (Å²) in [4.78, 5) is 15.7. The standard InChI is InChI=1S/C17H18Cl2N2O4/c1-3-8-24-17(23)21-12(4-2)15(22)16-20-9-13(25-16)14-10(18)6-5-7-11(14)19/h3,5-7,9,12,15,22H,1,4,8H2,2H3,(H,21,23)/t12-,15?/m0/s1. The van der Waals surface area contributed by atoms with Gasteiger partial charge in [0.25, 0.3) is 0 Å². The smallest absolute Gasteiger partial charge is 0.407 e. The highest BCUT2D eigenvalue weighted by Crippen LogP contribution is 2.35. The van der Waals surface area contributed by atoms with Gasteiger partial charge in [-0.2, -0.15) is 0 Å². The van der Waals surface area contributed by atoms with Gasteiger partial charge in [0.15, 0.2) is 11.9 Å². The van der Waals surface area contributed by atoms with Gasteiger partial charge >= 0.3 is 6.09 Å². The van der Waals surface area contributed by atoms with Crippen LogP contribution in [0.25, 0.3) is 11.3 Å². The molecule has 1 aromatic carbocycles. The van der Waals surface area contributed by atoms with Crippen LogP contribution in [0.2, 0.25) is 10.0 Å². The first-order valence-corrected chi connectivity index (χ1v) is 8.35. The third-order valence-electron chi connectivity index (χ3n) is 3.44. The lowest BCUT2D eigenvalue weighted by atomic mass is 10.1. The van der Waals surface area contributed by atoms with Crippen molar-refractivity contribution in [3.8, 4) is 11.3 Å². The van der Waals surface area contributed by atoms with E-state index >= 15 is 0 Å². The largest absolute Gasteiger partial charge is 0.445 e. The fourth-order valence-corrected chi connectivity index (χ4v) is 2.76. The molecular formula is C17H18Cl2N2O4. The molecule has 0 aliphatic carbocycles. The Bertz CT molecular complexity index is 728. The first-order valence-electron chi connectivity index (χ1n) is 7.60. The van der Waals surface area contributed by atoms with E-state index < -0.39 is 18.2 Å². The molecule has 2 atom stereocenters. The zero-order chi connectivity index (χ0) is 18.4. The number of carbonyl (C=O) groups excluding carboxylic acids is 1. The van der Waals surface area contributed by atoms with E-state index in [0.717, 1.165) is 0 Å². The Morgan fingerprint density at radius 3 is 2.76 bits per heavy atom. The maximum Gasteiger partial charge on any atom is 0.407 e. The third-order valence-corrected chi connectivity index (χ3v) is 4.07. The number of hydrogen-bond donors (Lipinski definition) is 2. The van der Waals surface area contributed by atoms with Crippen molar-refractivity contribution in [1.29, 1.82) is 0 Å². The van der Waals surface area contributed by atoms with Crippen LogP contribution in [-0.4, -0.2) is 28.8 Å². The van der Waals surface area contributed by atoms with E-state index in [1.54, 1.807) is 25.1 Å². The molecule has 8 heteroatoms. The number of aliphatic hydroxyl groups is 1. The summed E-state index contributed by atoms with van der Waals surface area (Å²) in [7, 11) is 0. The molecule has 2 aromatic rings. The maximum absolute atomic E-state index is 11.6. The summed E-state index contributed by atoms with van der Waals surface area (Å²) < 4.78 is 10.5. The number of aromatic nitrogens is 1. The molecule has 0 spiro atoms. The average Bonchev–Trinajstić information content (AvgIpc) is 3.06. The van der Waals surface area contributed by atoms with Crippen LogP contribution in [0.15, 0.2) is 41.5 Å². The predicted octanol–water partition coefficient (Wildman–Crippen LogP) is 4.37. The van der Waals surface area contributed by atoms with Crippen molar-refractivity contribution < 1.29 is 19.1 Å². The van der Waals surface area contributed by atoms with E-state index in [9.17, 15) is 9.90 Å². The molecule has 6 nitrogen and oxygen atoms in total. The minimum atomic E-state index is -1.16. The second-order valence-electron chi connectivity index (χ2n) is 5.15. The van der Waals surface area contributed by atoms with E-state index in [1.165, 1.54) is 12.3 Å². The van der Waals surface area contributed by atoms with Crippen molar-refractivity contribution in [3.63, 3.8) is 0 Å². The van der Waals surface area contributed by atoms with Gasteiger partial charge in [-0.05, 0) is 18.6 Å². The summed E-state index contributed by atoms with van der Waals surface area (Å²) in [5.41, 5.74) is 0.489. The van der Waals surface area contributed by atoms with E-state index in [-0.39, 0.29) is 12.5 Å². The Balaban J connectivity index is 2.17. The van der Waals surface area contributed by atoms with Crippen LogP contribution in [0.4, 0.5) is 4.79 Å². The highest BCUT2D eigenvalue weighted by Gasteiger charge is 2.26. The second kappa shape index (κ2) is 8.89. The van der Waals surface area contributed by atoms with Crippen LogP contribution in [0.1, 0.15) is 25.3 Å². The number of amides is 1. The van der Waals surface area contributed by atoms with Crippen molar-refractivity contribution >= 4 is 29.3 Å². The monoisotopic (exact) mass is 384 g/mol. The van der Waals surface area contributed by atoms with Gasteiger partial charge in [-0.1, -0.05) is 48.8 Å². The first-order chi connectivity index (χ1) is 12.0. The molecule has 1 aromatic heterocycles. The Morgan fingerprint density at radius 2 is 2.16 bits per heavy atom. The molecule has 2 N–H and O–H groups in total. The normalized spacial score (nSPS) is 13.1. The van der Waals surface area contributed by atoms with Crippen LogP contribution in [-0.2, 0) is 4.74 Å². The van der Waals surface area contributed by atoms with Crippen LogP contribution < -0.4 is 5.32 Å². The highest BCUT2D eigenvalue weighted by molar-refractivity contribution is 6.39. The molecule has 1 amide bonds. The van der Waals surface area contributed by atoms with E-state index in [4.69, 9.17) is 32.4 Å². The highest BCUT2D eigenvalue weighted by atomic mass is 35.5. The zero-order valence-electron chi connectivity index (χ0n) is 13.5. The lowest BCUT2D eigenvalue weighted by molar-refractivity contribution is 0.0887. The molecular weight excluding hydrogens is 367 g/mol. The quantitative estimate of drug-likeness (QED) is 0.692. The van der Waals surface area contributed by atoms with Crippen molar-refractivity contribution in [3.05, 3.63) is 53.0 Å². The number of halogens is 2. The van der Waals surface area contributed by atoms with E-state index in [2.05, 4.69) is 16.9 Å². The average molecular weight is 385 g/mol. The topological polar surface area (TPSA) is 84.6 Å². The number of benzene rings is 1. The van der Waals surface area contributed by atoms with Crippen molar-refractivity contribution in [2.45, 2.75) is 25.5 Å². The number of carbonyl (C=O) groups is 1. The lowest BCUT2D eigenvalue weighted by Crippen LogP contribution is -2.39. The number of nitrogens with zero attached hydrogens (tertiary/aromatic N) is 1. The Hall–Kier alpha value is -2.02. The molecule has 1 heterocycles. The number of oxazole rings is 1. The van der Waals surface area contributed by atoms with Gasteiger partial charge in [-0.25, -0.2) is 9.78 Å². The van der Waals surface area contributed by atoms with E-state index in [1.807, 2.05) is 0 Å². The number of alkyl carbamates (subject to hydrolysis) is 1. The molecule has 0 radical (unpaired) electrons. The predicted molar refractivity (Wildman–Crippen MR) is 95.7 cm³/mol. The van der Waals surface area contributed by atoms with Crippen molar-refractivity contribution in [2.24, 2.45) is 0 Å². The summed E-state index contributed by atoms with van der Waals surface area (Å²) in [6.45, 7) is 5.34. The lowest BCUT2D eigenvalue weighted by Gasteiger charge is -2.20. The molecule has 0 saturated carbocycles. The summed E-state index contributed by atoms with van der Waals surface area (Å²) in [6.07, 6.45) is 1.50. The van der Waals surface area contributed by atoms with Gasteiger partial charge in [0.05, 0.1) is 27.8 Å². The summed E-state index contributed by atoms with van der Waals surface area (Å²) in [5.74, 6) is 0.371. The number of nitrogens with one attached hydrogen (secondary N) is 1. The summed E-state index contributed by atoms with van der Waals surface area (Å²) >= 11 is 12.3. The number of aliphatic hydroxyl groups excluding tert-OH is 1.